The van der Waals surface area contributed by atoms with E-state index in [9.17, 15) is 0 Å². The molecule has 0 aromatic carbocycles. The third-order valence-electron chi connectivity index (χ3n) is 2.74. The Hall–Kier alpha value is 0.830. The summed E-state index contributed by atoms with van der Waals surface area (Å²) in [5, 5.41) is 0. The molecule has 0 aromatic rings. The lowest BCUT2D eigenvalue weighted by Gasteiger charge is -2.51. The normalized spacial score (nSPS) is 26.8. The van der Waals surface area contributed by atoms with Gasteiger partial charge in [0.05, 0.1) is 5.71 Å². The number of halogens is 4. The van der Waals surface area contributed by atoms with E-state index in [-0.39, 0.29) is 12.0 Å². The van der Waals surface area contributed by atoms with Gasteiger partial charge in [-0.3, -0.25) is 4.99 Å². The van der Waals surface area contributed by atoms with Gasteiger partial charge in [0.1, 0.15) is 0 Å². The number of nitrogens with zero attached hydrogens (tertiary/aromatic N) is 1. The predicted octanol–water partition coefficient (Wildman–Crippen LogP) is 5.00. The van der Waals surface area contributed by atoms with Crippen LogP contribution in [-0.4, -0.2) is 20.4 Å². The number of hydrogen-bond donors (Lipinski definition) is 0. The zero-order valence-electron chi connectivity index (χ0n) is 9.74. The summed E-state index contributed by atoms with van der Waals surface area (Å²) in [6.07, 6.45) is 2.91. The van der Waals surface area contributed by atoms with Crippen molar-refractivity contribution < 1.29 is 0 Å². The highest BCUT2D eigenvalue weighted by atomic mass is 35.5. The lowest BCUT2D eigenvalue weighted by molar-refractivity contribution is 0.399. The van der Waals surface area contributed by atoms with Crippen molar-refractivity contribution in [1.29, 1.82) is 0 Å². The highest BCUT2D eigenvalue weighted by Gasteiger charge is 2.66. The molecule has 0 N–H and O–H groups in total. The first kappa shape index (κ1) is 14.9. The quantitative estimate of drug-likeness (QED) is 0.648. The van der Waals surface area contributed by atoms with Crippen LogP contribution < -0.4 is 0 Å². The molecular weight excluding hydrogens is 288 g/mol. The molecule has 1 rings (SSSR count). The summed E-state index contributed by atoms with van der Waals surface area (Å²) in [6.45, 7) is 6.00. The summed E-state index contributed by atoms with van der Waals surface area (Å²) in [4.78, 5) is 4.34. The number of rotatable bonds is 4. The maximum absolute atomic E-state index is 6.27. The minimum atomic E-state index is -0.997. The third kappa shape index (κ3) is 2.63. The first-order valence-corrected chi connectivity index (χ1v) is 7.10. The maximum Gasteiger partial charge on any atom is 0.164 e. The van der Waals surface area contributed by atoms with Crippen molar-refractivity contribution >= 4 is 52.1 Å². The fourth-order valence-corrected chi connectivity index (χ4v) is 4.20. The lowest BCUT2D eigenvalue weighted by atomic mass is 9.77. The highest BCUT2D eigenvalue weighted by Crippen LogP contribution is 2.59. The van der Waals surface area contributed by atoms with Crippen molar-refractivity contribution in [3.63, 3.8) is 0 Å². The standard InChI is InChI=1S/C11H17Cl4N/c1-4-5-6-8-10(12,13)9(11(8,14)15)16-7(2)3/h7-8H,4-6H2,1-3H3. The minimum Gasteiger partial charge on any atom is -0.285 e. The van der Waals surface area contributed by atoms with Gasteiger partial charge in [0.15, 0.2) is 8.67 Å². The monoisotopic (exact) mass is 303 g/mol. The molecular formula is C11H17Cl4N. The summed E-state index contributed by atoms with van der Waals surface area (Å²) in [7, 11) is 0. The van der Waals surface area contributed by atoms with Gasteiger partial charge >= 0.3 is 0 Å². The highest BCUT2D eigenvalue weighted by molar-refractivity contribution is 6.74. The third-order valence-corrected chi connectivity index (χ3v) is 4.51. The zero-order chi connectivity index (χ0) is 12.6. The largest absolute Gasteiger partial charge is 0.285 e. The smallest absolute Gasteiger partial charge is 0.164 e. The number of hydrogen-bond acceptors (Lipinski definition) is 1. The molecule has 0 aliphatic heterocycles. The van der Waals surface area contributed by atoms with Gasteiger partial charge in [0.25, 0.3) is 0 Å². The van der Waals surface area contributed by atoms with E-state index in [1.165, 1.54) is 0 Å². The average Bonchev–Trinajstić information content (AvgIpc) is 2.13. The zero-order valence-corrected chi connectivity index (χ0v) is 12.8. The van der Waals surface area contributed by atoms with E-state index < -0.39 is 8.67 Å². The van der Waals surface area contributed by atoms with Crippen LogP contribution in [0.5, 0.6) is 0 Å². The molecule has 94 valence electrons. The van der Waals surface area contributed by atoms with Gasteiger partial charge in [-0.2, -0.15) is 0 Å². The van der Waals surface area contributed by atoms with Crippen LogP contribution in [0.15, 0.2) is 4.99 Å². The fraction of sp³-hybridized carbons (Fsp3) is 0.909. The second kappa shape index (κ2) is 5.22. The molecule has 5 heteroatoms. The topological polar surface area (TPSA) is 12.4 Å². The van der Waals surface area contributed by atoms with Crippen molar-refractivity contribution in [2.45, 2.75) is 54.7 Å². The second-order valence-corrected chi connectivity index (χ2v) is 7.28. The summed E-state index contributed by atoms with van der Waals surface area (Å²) < 4.78 is -1.99. The van der Waals surface area contributed by atoms with Crippen LogP contribution in [0.1, 0.15) is 40.0 Å². The van der Waals surface area contributed by atoms with E-state index in [2.05, 4.69) is 11.9 Å². The van der Waals surface area contributed by atoms with Crippen LogP contribution in [0.2, 0.25) is 0 Å². The SMILES string of the molecule is CCCCC1C(Cl)(Cl)C(=NC(C)C)C1(Cl)Cl. The Kier molecular flexibility index (Phi) is 4.86. The molecule has 1 nitrogen and oxygen atoms in total. The molecule has 1 aliphatic rings. The molecule has 0 bridgehead atoms. The van der Waals surface area contributed by atoms with Gasteiger partial charge in [0, 0.05) is 12.0 Å². The Morgan fingerprint density at radius 3 is 2.06 bits per heavy atom. The van der Waals surface area contributed by atoms with Gasteiger partial charge in [-0.15, -0.1) is 0 Å². The van der Waals surface area contributed by atoms with Gasteiger partial charge in [-0.05, 0) is 20.3 Å². The van der Waals surface area contributed by atoms with E-state index in [1.807, 2.05) is 13.8 Å². The van der Waals surface area contributed by atoms with E-state index in [4.69, 9.17) is 46.4 Å². The predicted molar refractivity (Wildman–Crippen MR) is 74.5 cm³/mol. The molecule has 0 atom stereocenters. The van der Waals surface area contributed by atoms with Crippen LogP contribution in [0.3, 0.4) is 0 Å². The Labute approximate surface area is 117 Å². The maximum atomic E-state index is 6.27. The van der Waals surface area contributed by atoms with Gasteiger partial charge in [-0.25, -0.2) is 0 Å². The summed E-state index contributed by atoms with van der Waals surface area (Å²) in [6, 6.07) is 0.0934. The van der Waals surface area contributed by atoms with Crippen LogP contribution in [0.4, 0.5) is 0 Å². The molecule has 0 heterocycles. The molecule has 0 spiro atoms. The minimum absolute atomic E-state index is 0.0934. The Morgan fingerprint density at radius 1 is 1.19 bits per heavy atom. The molecule has 16 heavy (non-hydrogen) atoms. The first-order chi connectivity index (χ1) is 7.24. The van der Waals surface area contributed by atoms with Gasteiger partial charge < -0.3 is 0 Å². The van der Waals surface area contributed by atoms with Crippen LogP contribution in [0.25, 0.3) is 0 Å². The summed E-state index contributed by atoms with van der Waals surface area (Å²) in [5.41, 5.74) is 0.503. The second-order valence-electron chi connectivity index (χ2n) is 4.51. The van der Waals surface area contributed by atoms with E-state index in [0.29, 0.717) is 5.71 Å². The van der Waals surface area contributed by atoms with Crippen LogP contribution in [0, 0.1) is 5.92 Å². The molecule has 1 aliphatic carbocycles. The molecule has 0 amide bonds. The average molecular weight is 305 g/mol. The molecule has 0 unspecified atom stereocenters. The summed E-state index contributed by atoms with van der Waals surface area (Å²) in [5.74, 6) is -0.135. The van der Waals surface area contributed by atoms with Crippen molar-refractivity contribution in [3.8, 4) is 0 Å². The van der Waals surface area contributed by atoms with Gasteiger partial charge in [-0.1, -0.05) is 66.2 Å². The molecule has 0 aromatic heterocycles. The van der Waals surface area contributed by atoms with E-state index >= 15 is 0 Å². The Bertz CT molecular complexity index is 266. The number of aliphatic imine (C=N–C) groups is 1. The van der Waals surface area contributed by atoms with E-state index in [1.54, 1.807) is 0 Å². The van der Waals surface area contributed by atoms with Crippen molar-refractivity contribution in [1.82, 2.24) is 0 Å². The molecule has 0 saturated heterocycles. The molecule has 1 fully saturated rings. The van der Waals surface area contributed by atoms with Crippen molar-refractivity contribution in [2.75, 3.05) is 0 Å². The fourth-order valence-electron chi connectivity index (χ4n) is 1.90. The van der Waals surface area contributed by atoms with Crippen LogP contribution >= 0.6 is 46.4 Å². The Morgan fingerprint density at radius 2 is 1.69 bits per heavy atom. The molecule has 0 radical (unpaired) electrons. The number of alkyl halides is 4. The lowest BCUT2D eigenvalue weighted by Crippen LogP contribution is -2.64. The van der Waals surface area contributed by atoms with Crippen LogP contribution in [-0.2, 0) is 0 Å². The molecule has 1 saturated carbocycles. The van der Waals surface area contributed by atoms with E-state index in [0.717, 1.165) is 19.3 Å². The first-order valence-electron chi connectivity index (χ1n) is 5.59. The van der Waals surface area contributed by atoms with Crippen molar-refractivity contribution in [3.05, 3.63) is 0 Å². The number of unbranched alkanes of at least 4 members (excludes halogenated alkanes) is 1. The Balaban J connectivity index is 2.86. The summed E-state index contributed by atoms with van der Waals surface area (Å²) >= 11 is 25.1. The van der Waals surface area contributed by atoms with Crippen molar-refractivity contribution in [2.24, 2.45) is 10.9 Å². The van der Waals surface area contributed by atoms with Gasteiger partial charge in [0.2, 0.25) is 0 Å².